The zero-order valence-electron chi connectivity index (χ0n) is 15.7. The molecule has 0 fully saturated rings. The normalized spacial score (nSPS) is 16.0. The summed E-state index contributed by atoms with van der Waals surface area (Å²) < 4.78 is 7.08. The predicted octanol–water partition coefficient (Wildman–Crippen LogP) is 3.18. The van der Waals surface area contributed by atoms with Gasteiger partial charge in [-0.05, 0) is 41.5 Å². The largest absolute Gasteiger partial charge is 0.508 e. The van der Waals surface area contributed by atoms with Gasteiger partial charge in [0, 0.05) is 5.70 Å². The average molecular weight is 371 g/mol. The van der Waals surface area contributed by atoms with E-state index in [-0.39, 0.29) is 11.7 Å². The number of phenolic OH excluding ortho intramolecular Hbond substituents is 1. The standard InChI is InChI=1S/C19H25N5O3/c1-3-4-5-6-7-12-27-18(26)16-13(2)20-19-21-22-23-24(19)17(16)14-8-10-15(25)11-9-14/h8-11,17,25H,3-7,12H2,1-2H3,(H,20,21,23). The summed E-state index contributed by atoms with van der Waals surface area (Å²) in [5, 5.41) is 24.3. The van der Waals surface area contributed by atoms with Gasteiger partial charge in [-0.2, -0.15) is 4.68 Å². The third kappa shape index (κ3) is 4.27. The molecule has 0 aliphatic carbocycles. The maximum absolute atomic E-state index is 12.8. The Morgan fingerprint density at radius 2 is 1.96 bits per heavy atom. The molecule has 8 nitrogen and oxygen atoms in total. The van der Waals surface area contributed by atoms with Crippen LogP contribution in [0.4, 0.5) is 5.95 Å². The number of ether oxygens (including phenoxy) is 1. The summed E-state index contributed by atoms with van der Waals surface area (Å²) >= 11 is 0. The first kappa shape index (κ1) is 18.9. The molecule has 3 rings (SSSR count). The molecule has 0 radical (unpaired) electrons. The van der Waals surface area contributed by atoms with Gasteiger partial charge in [0.1, 0.15) is 11.8 Å². The molecule has 1 aliphatic heterocycles. The lowest BCUT2D eigenvalue weighted by Crippen LogP contribution is -2.29. The van der Waals surface area contributed by atoms with Gasteiger partial charge in [0.05, 0.1) is 12.2 Å². The van der Waals surface area contributed by atoms with E-state index in [9.17, 15) is 9.90 Å². The van der Waals surface area contributed by atoms with Crippen molar-refractivity contribution in [2.24, 2.45) is 0 Å². The highest BCUT2D eigenvalue weighted by Gasteiger charge is 2.34. The second-order valence-corrected chi connectivity index (χ2v) is 6.65. The number of aromatic hydroxyl groups is 1. The number of carbonyl (C=O) groups excluding carboxylic acids is 1. The minimum atomic E-state index is -0.510. The zero-order chi connectivity index (χ0) is 19.2. The maximum Gasteiger partial charge on any atom is 0.338 e. The van der Waals surface area contributed by atoms with Crippen LogP contribution in [0.15, 0.2) is 35.5 Å². The van der Waals surface area contributed by atoms with Crippen LogP contribution in [0, 0.1) is 0 Å². The number of phenols is 1. The van der Waals surface area contributed by atoms with Crippen LogP contribution >= 0.6 is 0 Å². The maximum atomic E-state index is 12.8. The number of unbranched alkanes of at least 4 members (excludes halogenated alkanes) is 4. The van der Waals surface area contributed by atoms with Crippen LogP contribution in [-0.2, 0) is 9.53 Å². The van der Waals surface area contributed by atoms with Gasteiger partial charge in [-0.1, -0.05) is 49.8 Å². The molecule has 0 saturated heterocycles. The fourth-order valence-electron chi connectivity index (χ4n) is 3.19. The predicted molar refractivity (Wildman–Crippen MR) is 100 cm³/mol. The minimum Gasteiger partial charge on any atom is -0.508 e. The molecule has 2 N–H and O–H groups in total. The van der Waals surface area contributed by atoms with Gasteiger partial charge in [-0.25, -0.2) is 4.79 Å². The van der Waals surface area contributed by atoms with Gasteiger partial charge >= 0.3 is 5.97 Å². The van der Waals surface area contributed by atoms with Crippen molar-refractivity contribution in [1.82, 2.24) is 20.2 Å². The number of nitrogens with one attached hydrogen (secondary N) is 1. The van der Waals surface area contributed by atoms with Crippen LogP contribution in [0.1, 0.15) is 57.6 Å². The highest BCUT2D eigenvalue weighted by Crippen LogP contribution is 2.35. The minimum absolute atomic E-state index is 0.154. The molecule has 0 saturated carbocycles. The van der Waals surface area contributed by atoms with E-state index in [4.69, 9.17) is 4.74 Å². The highest BCUT2D eigenvalue weighted by molar-refractivity contribution is 5.92. The lowest BCUT2D eigenvalue weighted by molar-refractivity contribution is -0.139. The molecule has 1 aromatic carbocycles. The van der Waals surface area contributed by atoms with Crippen LogP contribution in [0.25, 0.3) is 0 Å². The number of aromatic nitrogens is 4. The van der Waals surface area contributed by atoms with Crippen LogP contribution in [0.5, 0.6) is 5.75 Å². The smallest absolute Gasteiger partial charge is 0.338 e. The second kappa shape index (κ2) is 8.66. The summed E-state index contributed by atoms with van der Waals surface area (Å²) in [6.07, 6.45) is 5.44. The number of anilines is 1. The Balaban J connectivity index is 1.78. The Hall–Kier alpha value is -2.90. The molecule has 144 valence electrons. The van der Waals surface area contributed by atoms with E-state index in [1.54, 1.807) is 28.9 Å². The molecular weight excluding hydrogens is 346 g/mol. The summed E-state index contributed by atoms with van der Waals surface area (Å²) in [4.78, 5) is 12.8. The van der Waals surface area contributed by atoms with E-state index < -0.39 is 6.04 Å². The lowest BCUT2D eigenvalue weighted by Gasteiger charge is -2.27. The highest BCUT2D eigenvalue weighted by atomic mass is 16.5. The third-order valence-electron chi connectivity index (χ3n) is 4.62. The molecule has 1 aliphatic rings. The Morgan fingerprint density at radius 3 is 2.70 bits per heavy atom. The second-order valence-electron chi connectivity index (χ2n) is 6.65. The molecular formula is C19H25N5O3. The quantitative estimate of drug-likeness (QED) is 0.543. The van der Waals surface area contributed by atoms with Crippen molar-refractivity contribution in [1.29, 1.82) is 0 Å². The molecule has 1 unspecified atom stereocenters. The molecule has 2 aromatic rings. The summed E-state index contributed by atoms with van der Waals surface area (Å²) in [6.45, 7) is 4.37. The Labute approximate surface area is 158 Å². The van der Waals surface area contributed by atoms with Gasteiger partial charge in [0.2, 0.25) is 5.95 Å². The molecule has 0 bridgehead atoms. The number of nitrogens with zero attached hydrogens (tertiary/aromatic N) is 4. The molecule has 1 atom stereocenters. The number of fused-ring (bicyclic) bond motifs is 1. The lowest BCUT2D eigenvalue weighted by atomic mass is 9.96. The van der Waals surface area contributed by atoms with Crippen LogP contribution < -0.4 is 5.32 Å². The summed E-state index contributed by atoms with van der Waals surface area (Å²) in [5.74, 6) is 0.234. The average Bonchev–Trinajstić information content (AvgIpc) is 3.12. The van der Waals surface area contributed by atoms with Crippen molar-refractivity contribution < 1.29 is 14.6 Å². The van der Waals surface area contributed by atoms with Gasteiger partial charge < -0.3 is 15.2 Å². The van der Waals surface area contributed by atoms with Gasteiger partial charge in [-0.15, -0.1) is 0 Å². The number of allylic oxidation sites excluding steroid dienone is 1. The number of hydrogen-bond acceptors (Lipinski definition) is 7. The fourth-order valence-corrected chi connectivity index (χ4v) is 3.19. The van der Waals surface area contributed by atoms with E-state index in [0.29, 0.717) is 23.8 Å². The first-order valence-electron chi connectivity index (χ1n) is 9.33. The third-order valence-corrected chi connectivity index (χ3v) is 4.62. The van der Waals surface area contributed by atoms with Gasteiger partial charge in [0.15, 0.2) is 0 Å². The molecule has 1 aromatic heterocycles. The van der Waals surface area contributed by atoms with Gasteiger partial charge in [-0.3, -0.25) is 0 Å². The zero-order valence-corrected chi connectivity index (χ0v) is 15.7. The van der Waals surface area contributed by atoms with Crippen LogP contribution in [-0.4, -0.2) is 37.9 Å². The van der Waals surface area contributed by atoms with E-state index in [1.807, 2.05) is 6.92 Å². The van der Waals surface area contributed by atoms with Crippen molar-refractivity contribution in [2.75, 3.05) is 11.9 Å². The Kier molecular flexibility index (Phi) is 6.05. The summed E-state index contributed by atoms with van der Waals surface area (Å²) in [7, 11) is 0. The number of rotatable bonds is 8. The van der Waals surface area contributed by atoms with Gasteiger partial charge in [0.25, 0.3) is 0 Å². The van der Waals surface area contributed by atoms with E-state index in [1.165, 1.54) is 12.8 Å². The Bertz CT molecular complexity index is 813. The molecule has 8 heteroatoms. The molecule has 27 heavy (non-hydrogen) atoms. The number of tetrazole rings is 1. The fraction of sp³-hybridized carbons (Fsp3) is 0.474. The van der Waals surface area contributed by atoms with Crippen molar-refractivity contribution in [3.8, 4) is 5.75 Å². The SMILES string of the molecule is CCCCCCCOC(=O)C1=C(C)Nc2nnnn2C1c1ccc(O)cc1. The summed E-state index contributed by atoms with van der Waals surface area (Å²) in [6, 6.07) is 6.15. The van der Waals surface area contributed by atoms with Crippen molar-refractivity contribution in [3.63, 3.8) is 0 Å². The monoisotopic (exact) mass is 371 g/mol. The first-order chi connectivity index (χ1) is 13.1. The molecule has 2 heterocycles. The van der Waals surface area contributed by atoms with Crippen molar-refractivity contribution in [2.45, 2.75) is 52.0 Å². The number of hydrogen-bond donors (Lipinski definition) is 2. The number of esters is 1. The molecule has 0 spiro atoms. The van der Waals surface area contributed by atoms with Crippen molar-refractivity contribution >= 4 is 11.9 Å². The number of benzene rings is 1. The van der Waals surface area contributed by atoms with Crippen molar-refractivity contribution in [3.05, 3.63) is 41.1 Å². The van der Waals surface area contributed by atoms with Crippen LogP contribution in [0.3, 0.4) is 0 Å². The topological polar surface area (TPSA) is 102 Å². The Morgan fingerprint density at radius 1 is 1.22 bits per heavy atom. The van der Waals surface area contributed by atoms with Crippen LogP contribution in [0.2, 0.25) is 0 Å². The summed E-state index contributed by atoms with van der Waals surface area (Å²) in [5.41, 5.74) is 1.91. The van der Waals surface area contributed by atoms with E-state index in [2.05, 4.69) is 27.8 Å². The van der Waals surface area contributed by atoms with E-state index >= 15 is 0 Å². The van der Waals surface area contributed by atoms with E-state index in [0.717, 1.165) is 24.8 Å². The molecule has 0 amide bonds. The number of carbonyl (C=O) groups is 1. The first-order valence-corrected chi connectivity index (χ1v) is 9.33.